The number of hydrogen-bond acceptors (Lipinski definition) is 7. The summed E-state index contributed by atoms with van der Waals surface area (Å²) in [5.74, 6) is 1.39. The maximum absolute atomic E-state index is 9.30. The highest BCUT2D eigenvalue weighted by Gasteiger charge is 2.08. The van der Waals surface area contributed by atoms with Gasteiger partial charge >= 0.3 is 0 Å². The predicted octanol–water partition coefficient (Wildman–Crippen LogP) is 4.01. The number of nitrogens with zero attached hydrogens (tertiary/aromatic N) is 5. The van der Waals surface area contributed by atoms with E-state index in [4.69, 9.17) is 10.5 Å². The Morgan fingerprint density at radius 1 is 1.27 bits per heavy atom. The van der Waals surface area contributed by atoms with E-state index in [1.807, 2.05) is 30.3 Å². The lowest BCUT2D eigenvalue weighted by atomic mass is 10.1. The first-order valence-electron chi connectivity index (χ1n) is 9.05. The fraction of sp³-hybridized carbons (Fsp3) is 0.0909. The number of ether oxygens (including phenoxy) is 1. The monoisotopic (exact) mass is 399 g/mol. The highest BCUT2D eigenvalue weighted by atomic mass is 16.5. The van der Waals surface area contributed by atoms with E-state index >= 15 is 0 Å². The van der Waals surface area contributed by atoms with Gasteiger partial charge in [-0.05, 0) is 55.5 Å². The number of rotatable bonds is 7. The Morgan fingerprint density at radius 3 is 2.67 bits per heavy atom. The van der Waals surface area contributed by atoms with E-state index in [-0.39, 0.29) is 0 Å². The van der Waals surface area contributed by atoms with Crippen LogP contribution in [0.15, 0.2) is 72.6 Å². The zero-order chi connectivity index (χ0) is 21.5. The molecule has 3 rings (SSSR count). The molecule has 0 saturated heterocycles. The second-order valence-electron chi connectivity index (χ2n) is 6.23. The molecule has 8 nitrogen and oxygen atoms in total. The molecule has 0 aliphatic heterocycles. The number of nitriles is 1. The number of benzene rings is 2. The lowest BCUT2D eigenvalue weighted by Crippen LogP contribution is -2.15. The van der Waals surface area contributed by atoms with Gasteiger partial charge in [0.05, 0.1) is 24.1 Å². The number of amidine groups is 1. The van der Waals surface area contributed by atoms with Crippen molar-refractivity contribution in [3.05, 3.63) is 73.1 Å². The molecule has 30 heavy (non-hydrogen) atoms. The van der Waals surface area contributed by atoms with Crippen LogP contribution >= 0.6 is 0 Å². The fourth-order valence-corrected chi connectivity index (χ4v) is 2.73. The summed E-state index contributed by atoms with van der Waals surface area (Å²) < 4.78 is 5.19. The molecule has 3 aromatic rings. The van der Waals surface area contributed by atoms with Crippen molar-refractivity contribution in [1.29, 1.82) is 5.26 Å². The normalized spacial score (nSPS) is 10.8. The van der Waals surface area contributed by atoms with Crippen LogP contribution in [0.25, 0.3) is 11.3 Å². The van der Waals surface area contributed by atoms with Gasteiger partial charge in [-0.1, -0.05) is 6.58 Å². The van der Waals surface area contributed by atoms with Crippen molar-refractivity contribution in [3.63, 3.8) is 0 Å². The number of hydrogen-bond donors (Lipinski definition) is 2. The Kier molecular flexibility index (Phi) is 6.25. The minimum Gasteiger partial charge on any atom is -0.495 e. The largest absolute Gasteiger partial charge is 0.495 e. The summed E-state index contributed by atoms with van der Waals surface area (Å²) in [6.45, 7) is 5.45. The lowest BCUT2D eigenvalue weighted by molar-refractivity contribution is 0.413. The van der Waals surface area contributed by atoms with Crippen molar-refractivity contribution in [2.24, 2.45) is 10.8 Å². The van der Waals surface area contributed by atoms with Gasteiger partial charge in [0.1, 0.15) is 17.7 Å². The number of nitrogens with two attached hydrogens (primary N) is 1. The van der Waals surface area contributed by atoms with Crippen molar-refractivity contribution in [1.82, 2.24) is 9.97 Å². The van der Waals surface area contributed by atoms with Crippen molar-refractivity contribution in [2.75, 3.05) is 17.4 Å². The van der Waals surface area contributed by atoms with Crippen LogP contribution in [0.5, 0.6) is 5.75 Å². The lowest BCUT2D eigenvalue weighted by Gasteiger charge is -2.15. The summed E-state index contributed by atoms with van der Waals surface area (Å²) in [5, 5.41) is 18.2. The quantitative estimate of drug-likeness (QED) is 0.351. The highest BCUT2D eigenvalue weighted by Crippen LogP contribution is 2.26. The summed E-state index contributed by atoms with van der Waals surface area (Å²) >= 11 is 0. The molecule has 0 fully saturated rings. The van der Waals surface area contributed by atoms with E-state index in [9.17, 15) is 5.26 Å². The van der Waals surface area contributed by atoms with E-state index in [0.29, 0.717) is 28.8 Å². The SMILES string of the molecule is C=CN(/N=C(/C)N)c1ccc(Nc2nccc(-c3ccc(OC)c(C#N)c3)n2)cc1. The van der Waals surface area contributed by atoms with E-state index in [1.165, 1.54) is 7.11 Å². The van der Waals surface area contributed by atoms with Crippen LogP contribution in [0.2, 0.25) is 0 Å². The van der Waals surface area contributed by atoms with Gasteiger partial charge in [0.15, 0.2) is 0 Å². The maximum Gasteiger partial charge on any atom is 0.227 e. The minimum atomic E-state index is 0.431. The molecule has 0 spiro atoms. The molecule has 0 atom stereocenters. The van der Waals surface area contributed by atoms with Gasteiger partial charge in [-0.25, -0.2) is 15.0 Å². The Hall–Kier alpha value is -4.38. The molecule has 0 unspecified atom stereocenters. The topological polar surface area (TPSA) is 112 Å². The molecule has 1 aromatic heterocycles. The molecule has 3 N–H and O–H groups in total. The van der Waals surface area contributed by atoms with Crippen LogP contribution in [-0.2, 0) is 0 Å². The van der Waals surface area contributed by atoms with Crippen molar-refractivity contribution in [3.8, 4) is 23.1 Å². The maximum atomic E-state index is 9.30. The Labute approximate surface area is 175 Å². The van der Waals surface area contributed by atoms with E-state index < -0.39 is 0 Å². The summed E-state index contributed by atoms with van der Waals surface area (Å²) in [5.41, 5.74) is 9.20. The molecular formula is C22H21N7O. The number of hydrazone groups is 1. The molecule has 0 radical (unpaired) electrons. The molecule has 150 valence electrons. The van der Waals surface area contributed by atoms with Gasteiger partial charge in [0.25, 0.3) is 0 Å². The number of anilines is 3. The molecule has 1 heterocycles. The van der Waals surface area contributed by atoms with Crippen molar-refractivity contribution < 1.29 is 4.74 Å². The Bertz CT molecular complexity index is 1110. The van der Waals surface area contributed by atoms with E-state index in [0.717, 1.165) is 16.9 Å². The van der Waals surface area contributed by atoms with E-state index in [1.54, 1.807) is 42.5 Å². The van der Waals surface area contributed by atoms with Crippen LogP contribution in [0.1, 0.15) is 12.5 Å². The Balaban J connectivity index is 1.81. The molecule has 0 amide bonds. The van der Waals surface area contributed by atoms with Crippen molar-refractivity contribution in [2.45, 2.75) is 6.92 Å². The number of aromatic nitrogens is 2. The molecular weight excluding hydrogens is 378 g/mol. The fourth-order valence-electron chi connectivity index (χ4n) is 2.73. The van der Waals surface area contributed by atoms with Gasteiger partial charge in [-0.2, -0.15) is 10.4 Å². The molecule has 0 bridgehead atoms. The molecule has 0 aliphatic carbocycles. The third-order valence-electron chi connectivity index (χ3n) is 4.10. The first kappa shape index (κ1) is 20.4. The smallest absolute Gasteiger partial charge is 0.227 e. The summed E-state index contributed by atoms with van der Waals surface area (Å²) in [6, 6.07) is 16.8. The third kappa shape index (κ3) is 4.72. The van der Waals surface area contributed by atoms with Gasteiger partial charge < -0.3 is 15.8 Å². The van der Waals surface area contributed by atoms with Crippen LogP contribution in [-0.4, -0.2) is 22.9 Å². The summed E-state index contributed by atoms with van der Waals surface area (Å²) in [7, 11) is 1.53. The average molecular weight is 399 g/mol. The van der Waals surface area contributed by atoms with Gasteiger partial charge in [0.2, 0.25) is 5.95 Å². The van der Waals surface area contributed by atoms with Crippen LogP contribution in [0.3, 0.4) is 0 Å². The predicted molar refractivity (Wildman–Crippen MR) is 118 cm³/mol. The minimum absolute atomic E-state index is 0.431. The summed E-state index contributed by atoms with van der Waals surface area (Å²) in [4.78, 5) is 8.82. The molecule has 2 aromatic carbocycles. The summed E-state index contributed by atoms with van der Waals surface area (Å²) in [6.07, 6.45) is 3.24. The average Bonchev–Trinajstić information content (AvgIpc) is 2.77. The van der Waals surface area contributed by atoms with Gasteiger partial charge in [-0.3, -0.25) is 0 Å². The van der Waals surface area contributed by atoms with Crippen molar-refractivity contribution >= 4 is 23.2 Å². The molecule has 8 heteroatoms. The third-order valence-corrected chi connectivity index (χ3v) is 4.10. The van der Waals surface area contributed by atoms with Gasteiger partial charge in [0, 0.05) is 23.6 Å². The van der Waals surface area contributed by atoms with Gasteiger partial charge in [-0.15, -0.1) is 0 Å². The van der Waals surface area contributed by atoms with Crippen LogP contribution in [0.4, 0.5) is 17.3 Å². The standard InChI is InChI=1S/C22H21N7O/c1-4-29(28-15(2)24)19-8-6-18(7-9-19)26-22-25-12-11-20(27-22)16-5-10-21(30-3)17(13-16)14-23/h4-13H,1H2,2-3H3,(H2,24,28)(H,25,26,27). The number of methoxy groups -OCH3 is 1. The highest BCUT2D eigenvalue weighted by molar-refractivity contribution is 5.79. The zero-order valence-electron chi connectivity index (χ0n) is 16.7. The molecule has 0 aliphatic rings. The first-order valence-corrected chi connectivity index (χ1v) is 9.05. The second kappa shape index (κ2) is 9.21. The van der Waals surface area contributed by atoms with E-state index in [2.05, 4.69) is 33.0 Å². The van der Waals surface area contributed by atoms with Crippen LogP contribution in [0, 0.1) is 11.3 Å². The Morgan fingerprint density at radius 2 is 2.03 bits per heavy atom. The first-order chi connectivity index (χ1) is 14.5. The molecule has 0 saturated carbocycles. The van der Waals surface area contributed by atoms with Crippen LogP contribution < -0.4 is 20.8 Å². The zero-order valence-corrected chi connectivity index (χ0v) is 16.7. The second-order valence-corrected chi connectivity index (χ2v) is 6.23. The number of nitrogens with one attached hydrogen (secondary N) is 1.